The van der Waals surface area contributed by atoms with Crippen LogP contribution < -0.4 is 29.1 Å². The van der Waals surface area contributed by atoms with E-state index in [0.29, 0.717) is 50.0 Å². The Hall–Kier alpha value is -2.89. The summed E-state index contributed by atoms with van der Waals surface area (Å²) in [6.45, 7) is 6.11. The number of carbonyl (C=O) groups is 1. The van der Waals surface area contributed by atoms with Gasteiger partial charge in [-0.3, -0.25) is 9.36 Å². The van der Waals surface area contributed by atoms with Crippen molar-refractivity contribution >= 4 is 55.2 Å². The maximum Gasteiger partial charge on any atom is 0.338 e. The van der Waals surface area contributed by atoms with E-state index in [4.69, 9.17) is 18.9 Å². The monoisotopic (exact) mass is 664 g/mol. The fourth-order valence-electron chi connectivity index (χ4n) is 4.23. The number of carbonyl (C=O) groups excluding carboxylic acids is 1. The normalized spacial score (nSPS) is 15.1. The average Bonchev–Trinajstić information content (AvgIpc) is 3.19. The van der Waals surface area contributed by atoms with Crippen molar-refractivity contribution in [1.82, 2.24) is 4.57 Å². The van der Waals surface area contributed by atoms with Gasteiger partial charge in [0.15, 0.2) is 16.3 Å². The minimum absolute atomic E-state index is 0.195. The van der Waals surface area contributed by atoms with Gasteiger partial charge in [0.2, 0.25) is 0 Å². The highest BCUT2D eigenvalue weighted by Gasteiger charge is 2.34. The van der Waals surface area contributed by atoms with Gasteiger partial charge in [-0.05, 0) is 94.1 Å². The lowest BCUT2D eigenvalue weighted by atomic mass is 9.95. The Morgan fingerprint density at radius 2 is 1.76 bits per heavy atom. The summed E-state index contributed by atoms with van der Waals surface area (Å²) in [5, 5.41) is 0. The molecule has 0 amide bonds. The third-order valence-corrected chi connectivity index (χ3v) is 8.01. The zero-order chi connectivity index (χ0) is 27.6. The van der Waals surface area contributed by atoms with Gasteiger partial charge in [-0.2, -0.15) is 0 Å². The van der Waals surface area contributed by atoms with E-state index in [-0.39, 0.29) is 12.2 Å². The number of ether oxygens (including phenoxy) is 4. The van der Waals surface area contributed by atoms with E-state index in [0.717, 1.165) is 14.5 Å². The average molecular weight is 666 g/mol. The highest BCUT2D eigenvalue weighted by Crippen LogP contribution is 2.37. The highest BCUT2D eigenvalue weighted by molar-refractivity contribution is 9.11. The molecule has 0 aliphatic carbocycles. The zero-order valence-electron chi connectivity index (χ0n) is 21.5. The van der Waals surface area contributed by atoms with Gasteiger partial charge in [-0.25, -0.2) is 9.79 Å². The molecule has 1 atom stereocenters. The molecule has 0 unspecified atom stereocenters. The van der Waals surface area contributed by atoms with E-state index >= 15 is 0 Å². The van der Waals surface area contributed by atoms with Crippen LogP contribution in [0, 0.1) is 0 Å². The molecule has 0 fully saturated rings. The van der Waals surface area contributed by atoms with Crippen LogP contribution >= 0.6 is 43.2 Å². The Bertz CT molecular complexity index is 1590. The lowest BCUT2D eigenvalue weighted by molar-refractivity contribution is -0.139. The van der Waals surface area contributed by atoms with Crippen LogP contribution in [0.25, 0.3) is 6.08 Å². The number of rotatable bonds is 8. The Morgan fingerprint density at radius 3 is 2.37 bits per heavy atom. The summed E-state index contributed by atoms with van der Waals surface area (Å²) in [7, 11) is 3.08. The number of aromatic nitrogens is 1. The summed E-state index contributed by atoms with van der Waals surface area (Å²) >= 11 is 8.35. The second-order valence-corrected chi connectivity index (χ2v) is 10.9. The topological polar surface area (TPSA) is 88.4 Å². The lowest BCUT2D eigenvalue weighted by Crippen LogP contribution is -2.40. The number of nitrogens with zero attached hydrogens (tertiary/aromatic N) is 2. The molecule has 0 N–H and O–H groups in total. The molecule has 8 nitrogen and oxygen atoms in total. The number of hydrogen-bond acceptors (Lipinski definition) is 8. The van der Waals surface area contributed by atoms with Crippen molar-refractivity contribution < 1.29 is 23.7 Å². The Morgan fingerprint density at radius 1 is 1.08 bits per heavy atom. The highest BCUT2D eigenvalue weighted by atomic mass is 79.9. The smallest absolute Gasteiger partial charge is 0.338 e. The first-order chi connectivity index (χ1) is 18.2. The number of methoxy groups -OCH3 is 2. The van der Waals surface area contributed by atoms with Crippen molar-refractivity contribution in [3.05, 3.63) is 81.4 Å². The summed E-state index contributed by atoms with van der Waals surface area (Å²) in [5.74, 6) is 1.18. The minimum atomic E-state index is -0.758. The predicted molar refractivity (Wildman–Crippen MR) is 153 cm³/mol. The molecule has 2 heterocycles. The molecular formula is C27H26Br2N2O6S. The van der Waals surface area contributed by atoms with Crippen LogP contribution in [-0.2, 0) is 9.53 Å². The van der Waals surface area contributed by atoms with Crippen molar-refractivity contribution in [3.63, 3.8) is 0 Å². The molecule has 11 heteroatoms. The van der Waals surface area contributed by atoms with Gasteiger partial charge >= 0.3 is 5.97 Å². The van der Waals surface area contributed by atoms with Crippen LogP contribution in [0.2, 0.25) is 0 Å². The van der Waals surface area contributed by atoms with Crippen molar-refractivity contribution in [2.45, 2.75) is 26.8 Å². The zero-order valence-corrected chi connectivity index (χ0v) is 25.5. The molecule has 1 aliphatic heterocycles. The molecule has 3 aromatic rings. The standard InChI is InChI=1S/C27H26Br2N2O6S/c1-6-36-24-17(28)10-15(11-18(24)29)12-21-25(32)31-23(16-8-9-19(34-4)20(13-16)35-5)22(26(33)37-7-2)14(3)30-27(31)38-21/h8-13,23H,6-7H2,1-5H3/b21-12-/t23-/m1/s1. The van der Waals surface area contributed by atoms with Gasteiger partial charge in [0.1, 0.15) is 5.75 Å². The number of esters is 1. The lowest BCUT2D eigenvalue weighted by Gasteiger charge is -2.25. The van der Waals surface area contributed by atoms with E-state index in [2.05, 4.69) is 36.9 Å². The molecule has 38 heavy (non-hydrogen) atoms. The minimum Gasteiger partial charge on any atom is -0.493 e. The molecule has 4 rings (SSSR count). The van der Waals surface area contributed by atoms with Crippen LogP contribution in [0.15, 0.2) is 60.3 Å². The van der Waals surface area contributed by atoms with E-state index < -0.39 is 12.0 Å². The van der Waals surface area contributed by atoms with Crippen molar-refractivity contribution in [1.29, 1.82) is 0 Å². The van der Waals surface area contributed by atoms with E-state index in [1.807, 2.05) is 25.1 Å². The van der Waals surface area contributed by atoms with E-state index in [1.165, 1.54) is 23.0 Å². The number of thiazole rings is 1. The van der Waals surface area contributed by atoms with Gasteiger partial charge in [0.05, 0.1) is 58.2 Å². The van der Waals surface area contributed by atoms with Gasteiger partial charge in [-0.15, -0.1) is 0 Å². The molecular weight excluding hydrogens is 640 g/mol. The van der Waals surface area contributed by atoms with Gasteiger partial charge in [-0.1, -0.05) is 17.4 Å². The summed E-state index contributed by atoms with van der Waals surface area (Å²) in [5.41, 5.74) is 1.97. The predicted octanol–water partition coefficient (Wildman–Crippen LogP) is 4.74. The summed E-state index contributed by atoms with van der Waals surface area (Å²) in [6, 6.07) is 8.33. The molecule has 0 radical (unpaired) electrons. The van der Waals surface area contributed by atoms with Crippen molar-refractivity contribution in [3.8, 4) is 17.2 Å². The number of fused-ring (bicyclic) bond motifs is 1. The van der Waals surface area contributed by atoms with Crippen LogP contribution in [0.3, 0.4) is 0 Å². The Kier molecular flexibility index (Phi) is 8.79. The van der Waals surface area contributed by atoms with Crippen LogP contribution in [0.5, 0.6) is 17.2 Å². The molecule has 1 aliphatic rings. The molecule has 1 aromatic heterocycles. The van der Waals surface area contributed by atoms with Crippen LogP contribution in [0.1, 0.15) is 37.9 Å². The van der Waals surface area contributed by atoms with Gasteiger partial charge in [0.25, 0.3) is 5.56 Å². The fraction of sp³-hybridized carbons (Fsp3) is 0.296. The van der Waals surface area contributed by atoms with Crippen LogP contribution in [0.4, 0.5) is 0 Å². The molecule has 0 bridgehead atoms. The Labute approximate surface area is 240 Å². The van der Waals surface area contributed by atoms with Crippen molar-refractivity contribution in [2.75, 3.05) is 27.4 Å². The fourth-order valence-corrected chi connectivity index (χ4v) is 6.72. The van der Waals surface area contributed by atoms with Gasteiger partial charge < -0.3 is 18.9 Å². The summed E-state index contributed by atoms with van der Waals surface area (Å²) in [4.78, 5) is 32.1. The number of halogens is 2. The molecule has 2 aromatic carbocycles. The summed E-state index contributed by atoms with van der Waals surface area (Å²) in [6.07, 6.45) is 1.80. The second kappa shape index (κ2) is 11.9. The first-order valence-electron chi connectivity index (χ1n) is 11.8. The third-order valence-electron chi connectivity index (χ3n) is 5.85. The largest absolute Gasteiger partial charge is 0.493 e. The molecule has 200 valence electrons. The molecule has 0 spiro atoms. The first-order valence-corrected chi connectivity index (χ1v) is 14.2. The number of hydrogen-bond donors (Lipinski definition) is 0. The SMILES string of the molecule is CCOC(=O)C1=C(C)N=c2s/c(=C\c3cc(Br)c(OCC)c(Br)c3)c(=O)n2[C@@H]1c1ccc(OC)c(OC)c1. The van der Waals surface area contributed by atoms with E-state index in [1.54, 1.807) is 39.2 Å². The third kappa shape index (κ3) is 5.32. The maximum atomic E-state index is 13.9. The van der Waals surface area contributed by atoms with Gasteiger partial charge in [0, 0.05) is 0 Å². The molecule has 0 saturated heterocycles. The van der Waals surface area contributed by atoms with E-state index in [9.17, 15) is 9.59 Å². The first kappa shape index (κ1) is 28.1. The Balaban J connectivity index is 1.94. The second-order valence-electron chi connectivity index (χ2n) is 8.16. The summed E-state index contributed by atoms with van der Waals surface area (Å²) < 4.78 is 25.4. The number of allylic oxidation sites excluding steroid dienone is 1. The quantitative estimate of drug-likeness (QED) is 0.323. The molecule has 0 saturated carbocycles. The van der Waals surface area contributed by atoms with Crippen molar-refractivity contribution in [2.24, 2.45) is 4.99 Å². The number of benzene rings is 2. The van der Waals surface area contributed by atoms with Crippen LogP contribution in [-0.4, -0.2) is 38.0 Å². The maximum absolute atomic E-state index is 13.9.